The molecular formula is C15H29N. The van der Waals surface area contributed by atoms with E-state index in [2.05, 4.69) is 19.2 Å². The molecule has 1 unspecified atom stereocenters. The van der Waals surface area contributed by atoms with Gasteiger partial charge in [0.1, 0.15) is 0 Å². The minimum absolute atomic E-state index is 0.600. The van der Waals surface area contributed by atoms with Gasteiger partial charge in [-0.15, -0.1) is 0 Å². The van der Waals surface area contributed by atoms with Gasteiger partial charge in [-0.25, -0.2) is 0 Å². The highest BCUT2D eigenvalue weighted by Gasteiger charge is 2.30. The molecule has 16 heavy (non-hydrogen) atoms. The van der Waals surface area contributed by atoms with Gasteiger partial charge in [0.25, 0.3) is 0 Å². The SMILES string of the molecule is CC1(C)CCC(NCCC2CCCCC2)C1. The zero-order valence-electron chi connectivity index (χ0n) is 11.2. The molecule has 0 spiro atoms. The molecule has 2 aliphatic rings. The molecule has 2 rings (SSSR count). The van der Waals surface area contributed by atoms with E-state index in [-0.39, 0.29) is 0 Å². The summed E-state index contributed by atoms with van der Waals surface area (Å²) in [5, 5.41) is 3.78. The van der Waals surface area contributed by atoms with Crippen molar-refractivity contribution in [3.8, 4) is 0 Å². The first-order valence-electron chi connectivity index (χ1n) is 7.39. The minimum atomic E-state index is 0.600. The maximum absolute atomic E-state index is 3.78. The molecule has 0 aromatic carbocycles. The molecular weight excluding hydrogens is 194 g/mol. The van der Waals surface area contributed by atoms with Gasteiger partial charge in [-0.1, -0.05) is 46.0 Å². The minimum Gasteiger partial charge on any atom is -0.314 e. The van der Waals surface area contributed by atoms with Crippen LogP contribution >= 0.6 is 0 Å². The fourth-order valence-corrected chi connectivity index (χ4v) is 3.58. The van der Waals surface area contributed by atoms with Gasteiger partial charge in [-0.2, -0.15) is 0 Å². The van der Waals surface area contributed by atoms with Crippen LogP contribution in [0, 0.1) is 11.3 Å². The second-order valence-corrected chi connectivity index (χ2v) is 6.85. The van der Waals surface area contributed by atoms with Crippen molar-refractivity contribution in [2.45, 2.75) is 77.7 Å². The quantitative estimate of drug-likeness (QED) is 0.756. The normalized spacial score (nSPS) is 30.8. The van der Waals surface area contributed by atoms with Crippen LogP contribution in [0.1, 0.15) is 71.6 Å². The van der Waals surface area contributed by atoms with Crippen molar-refractivity contribution < 1.29 is 0 Å². The van der Waals surface area contributed by atoms with E-state index in [1.807, 2.05) is 0 Å². The number of nitrogens with one attached hydrogen (secondary N) is 1. The maximum atomic E-state index is 3.78. The predicted octanol–water partition coefficient (Wildman–Crippen LogP) is 4.13. The summed E-state index contributed by atoms with van der Waals surface area (Å²) in [7, 11) is 0. The van der Waals surface area contributed by atoms with Crippen molar-refractivity contribution in [1.29, 1.82) is 0 Å². The van der Waals surface area contributed by atoms with Crippen molar-refractivity contribution in [2.24, 2.45) is 11.3 Å². The average molecular weight is 223 g/mol. The predicted molar refractivity (Wildman–Crippen MR) is 70.6 cm³/mol. The molecule has 1 nitrogen and oxygen atoms in total. The van der Waals surface area contributed by atoms with Crippen LogP contribution in [0.15, 0.2) is 0 Å². The molecule has 1 N–H and O–H groups in total. The van der Waals surface area contributed by atoms with Crippen molar-refractivity contribution in [2.75, 3.05) is 6.54 Å². The molecule has 1 atom stereocenters. The summed E-state index contributed by atoms with van der Waals surface area (Å²) in [6.45, 7) is 6.09. The maximum Gasteiger partial charge on any atom is 0.00723 e. The summed E-state index contributed by atoms with van der Waals surface area (Å²) >= 11 is 0. The van der Waals surface area contributed by atoms with Crippen molar-refractivity contribution in [3.05, 3.63) is 0 Å². The lowest BCUT2D eigenvalue weighted by Crippen LogP contribution is -2.29. The smallest absolute Gasteiger partial charge is 0.00723 e. The first kappa shape index (κ1) is 12.4. The number of hydrogen-bond donors (Lipinski definition) is 1. The Morgan fingerprint density at radius 3 is 2.44 bits per heavy atom. The van der Waals surface area contributed by atoms with Gasteiger partial charge in [0.15, 0.2) is 0 Å². The van der Waals surface area contributed by atoms with Crippen LogP contribution in [0.25, 0.3) is 0 Å². The first-order valence-corrected chi connectivity index (χ1v) is 7.39. The summed E-state index contributed by atoms with van der Waals surface area (Å²) in [5.41, 5.74) is 0.600. The van der Waals surface area contributed by atoms with Gasteiger partial charge in [-0.05, 0) is 43.6 Å². The van der Waals surface area contributed by atoms with Crippen molar-refractivity contribution in [3.63, 3.8) is 0 Å². The number of hydrogen-bond acceptors (Lipinski definition) is 1. The number of rotatable bonds is 4. The Labute approximate surface area is 101 Å². The van der Waals surface area contributed by atoms with Crippen LogP contribution < -0.4 is 5.32 Å². The molecule has 2 saturated carbocycles. The Bertz CT molecular complexity index is 203. The lowest BCUT2D eigenvalue weighted by molar-refractivity contribution is 0.321. The fourth-order valence-electron chi connectivity index (χ4n) is 3.58. The fraction of sp³-hybridized carbons (Fsp3) is 1.00. The van der Waals surface area contributed by atoms with Gasteiger partial charge in [0, 0.05) is 6.04 Å². The zero-order chi connectivity index (χ0) is 11.4. The molecule has 1 heteroatoms. The highest BCUT2D eigenvalue weighted by molar-refractivity contribution is 4.86. The first-order chi connectivity index (χ1) is 7.66. The summed E-state index contributed by atoms with van der Waals surface area (Å²) < 4.78 is 0. The highest BCUT2D eigenvalue weighted by atomic mass is 14.9. The van der Waals surface area contributed by atoms with Crippen LogP contribution in [-0.2, 0) is 0 Å². The van der Waals surface area contributed by atoms with E-state index in [0.717, 1.165) is 12.0 Å². The van der Waals surface area contributed by atoms with E-state index >= 15 is 0 Å². The van der Waals surface area contributed by atoms with E-state index in [1.165, 1.54) is 64.3 Å². The lowest BCUT2D eigenvalue weighted by Gasteiger charge is -2.23. The molecule has 0 aromatic heterocycles. The zero-order valence-corrected chi connectivity index (χ0v) is 11.2. The molecule has 94 valence electrons. The van der Waals surface area contributed by atoms with Crippen molar-refractivity contribution in [1.82, 2.24) is 5.32 Å². The highest BCUT2D eigenvalue weighted by Crippen LogP contribution is 2.37. The van der Waals surface area contributed by atoms with Gasteiger partial charge in [-0.3, -0.25) is 0 Å². The second-order valence-electron chi connectivity index (χ2n) is 6.85. The van der Waals surface area contributed by atoms with Crippen LogP contribution in [0.5, 0.6) is 0 Å². The van der Waals surface area contributed by atoms with Gasteiger partial charge in [0.05, 0.1) is 0 Å². The molecule has 0 bridgehead atoms. The molecule has 0 amide bonds. The van der Waals surface area contributed by atoms with E-state index in [1.54, 1.807) is 0 Å². The molecule has 2 aliphatic carbocycles. The molecule has 0 heterocycles. The Balaban J connectivity index is 1.58. The van der Waals surface area contributed by atoms with E-state index < -0.39 is 0 Å². The van der Waals surface area contributed by atoms with Gasteiger partial charge < -0.3 is 5.32 Å². The molecule has 0 saturated heterocycles. The monoisotopic (exact) mass is 223 g/mol. The van der Waals surface area contributed by atoms with Crippen LogP contribution in [0.3, 0.4) is 0 Å². The lowest BCUT2D eigenvalue weighted by atomic mass is 9.87. The summed E-state index contributed by atoms with van der Waals surface area (Å²) in [4.78, 5) is 0. The largest absolute Gasteiger partial charge is 0.314 e. The summed E-state index contributed by atoms with van der Waals surface area (Å²) in [6.07, 6.45) is 13.1. The van der Waals surface area contributed by atoms with Crippen LogP contribution in [0.4, 0.5) is 0 Å². The van der Waals surface area contributed by atoms with E-state index in [9.17, 15) is 0 Å². The van der Waals surface area contributed by atoms with Crippen LogP contribution in [0.2, 0.25) is 0 Å². The topological polar surface area (TPSA) is 12.0 Å². The van der Waals surface area contributed by atoms with Crippen LogP contribution in [-0.4, -0.2) is 12.6 Å². The Morgan fingerprint density at radius 1 is 1.06 bits per heavy atom. The molecule has 2 fully saturated rings. The Kier molecular flexibility index (Phi) is 4.29. The van der Waals surface area contributed by atoms with E-state index in [0.29, 0.717) is 5.41 Å². The molecule has 0 aromatic rings. The third kappa shape index (κ3) is 3.76. The van der Waals surface area contributed by atoms with E-state index in [4.69, 9.17) is 0 Å². The molecule has 0 aliphatic heterocycles. The van der Waals surface area contributed by atoms with Gasteiger partial charge >= 0.3 is 0 Å². The standard InChI is InChI=1S/C15H29N/c1-15(2)10-8-14(12-15)16-11-9-13-6-4-3-5-7-13/h13-14,16H,3-12H2,1-2H3. The third-order valence-electron chi connectivity index (χ3n) is 4.68. The molecule has 0 radical (unpaired) electrons. The second kappa shape index (κ2) is 5.53. The average Bonchev–Trinajstić information content (AvgIpc) is 2.60. The van der Waals surface area contributed by atoms with Crippen molar-refractivity contribution >= 4 is 0 Å². The summed E-state index contributed by atoms with van der Waals surface area (Å²) in [6, 6.07) is 0.818. The van der Waals surface area contributed by atoms with Gasteiger partial charge in [0.2, 0.25) is 0 Å². The Morgan fingerprint density at radius 2 is 1.81 bits per heavy atom. The third-order valence-corrected chi connectivity index (χ3v) is 4.68. The summed E-state index contributed by atoms with van der Waals surface area (Å²) in [5.74, 6) is 1.04. The Hall–Kier alpha value is -0.0400.